The zero-order valence-corrected chi connectivity index (χ0v) is 11.4. The molecule has 0 aliphatic heterocycles. The van der Waals surface area contributed by atoms with Crippen LogP contribution < -0.4 is 11.1 Å². The number of nitrogens with two attached hydrogens (primary N) is 1. The van der Waals surface area contributed by atoms with Crippen molar-refractivity contribution in [2.75, 3.05) is 7.11 Å². The summed E-state index contributed by atoms with van der Waals surface area (Å²) in [4.78, 5) is 11.9. The van der Waals surface area contributed by atoms with E-state index in [1.54, 1.807) is 13.2 Å². The minimum atomic E-state index is -0.172. The van der Waals surface area contributed by atoms with E-state index in [0.29, 0.717) is 24.5 Å². The number of methoxy groups -OCH3 is 1. The summed E-state index contributed by atoms with van der Waals surface area (Å²) in [6, 6.07) is 9.55. The Kier molecular flexibility index (Phi) is 4.92. The summed E-state index contributed by atoms with van der Waals surface area (Å²) in [7, 11) is 1.66. The topological polar surface area (TPSA) is 77.5 Å². The van der Waals surface area contributed by atoms with Crippen LogP contribution in [-0.4, -0.2) is 13.0 Å². The standard InChI is InChI=1S/C15H18N2O3/c1-19-9-12-4-2-11(3-5-12)8-17-15(18)13-6-14(7-16)20-10-13/h2-6,10H,7-9,16H2,1H3,(H,17,18). The Bertz CT molecular complexity index is 561. The summed E-state index contributed by atoms with van der Waals surface area (Å²) < 4.78 is 10.2. The average molecular weight is 274 g/mol. The van der Waals surface area contributed by atoms with Gasteiger partial charge in [0.1, 0.15) is 12.0 Å². The van der Waals surface area contributed by atoms with Gasteiger partial charge in [0.2, 0.25) is 0 Å². The van der Waals surface area contributed by atoms with Crippen molar-refractivity contribution in [2.24, 2.45) is 5.73 Å². The molecule has 1 amide bonds. The third-order valence-corrected chi connectivity index (χ3v) is 2.90. The van der Waals surface area contributed by atoms with Crippen LogP contribution in [0.4, 0.5) is 0 Å². The first-order valence-electron chi connectivity index (χ1n) is 6.35. The van der Waals surface area contributed by atoms with Crippen LogP contribution in [0.15, 0.2) is 41.0 Å². The van der Waals surface area contributed by atoms with E-state index >= 15 is 0 Å². The monoisotopic (exact) mass is 274 g/mol. The molecule has 20 heavy (non-hydrogen) atoms. The number of amides is 1. The van der Waals surface area contributed by atoms with Crippen LogP contribution in [0.5, 0.6) is 0 Å². The van der Waals surface area contributed by atoms with Gasteiger partial charge >= 0.3 is 0 Å². The van der Waals surface area contributed by atoms with Crippen molar-refractivity contribution in [3.63, 3.8) is 0 Å². The summed E-state index contributed by atoms with van der Waals surface area (Å²) >= 11 is 0. The summed E-state index contributed by atoms with van der Waals surface area (Å²) in [6.07, 6.45) is 1.42. The quantitative estimate of drug-likeness (QED) is 0.842. The smallest absolute Gasteiger partial charge is 0.254 e. The molecule has 1 heterocycles. The predicted octanol–water partition coefficient (Wildman–Crippen LogP) is 1.81. The number of carbonyl (C=O) groups is 1. The molecule has 106 valence electrons. The van der Waals surface area contributed by atoms with E-state index in [0.717, 1.165) is 11.1 Å². The highest BCUT2D eigenvalue weighted by Crippen LogP contribution is 2.08. The zero-order valence-electron chi connectivity index (χ0n) is 11.4. The molecule has 0 fully saturated rings. The van der Waals surface area contributed by atoms with E-state index in [2.05, 4.69) is 5.32 Å². The van der Waals surface area contributed by atoms with Gasteiger partial charge in [-0.1, -0.05) is 24.3 Å². The first-order chi connectivity index (χ1) is 9.72. The van der Waals surface area contributed by atoms with Crippen molar-refractivity contribution in [3.8, 4) is 0 Å². The highest BCUT2D eigenvalue weighted by Gasteiger charge is 2.09. The lowest BCUT2D eigenvalue weighted by Crippen LogP contribution is -2.22. The lowest BCUT2D eigenvalue weighted by atomic mass is 10.1. The van der Waals surface area contributed by atoms with Crippen molar-refractivity contribution < 1.29 is 13.9 Å². The fourth-order valence-electron chi connectivity index (χ4n) is 1.81. The van der Waals surface area contributed by atoms with Gasteiger partial charge < -0.3 is 20.2 Å². The maximum absolute atomic E-state index is 11.9. The lowest BCUT2D eigenvalue weighted by Gasteiger charge is -2.05. The number of benzene rings is 1. The highest BCUT2D eigenvalue weighted by molar-refractivity contribution is 5.93. The molecule has 0 aliphatic carbocycles. The van der Waals surface area contributed by atoms with Crippen molar-refractivity contribution in [1.29, 1.82) is 0 Å². The number of ether oxygens (including phenoxy) is 1. The van der Waals surface area contributed by atoms with Gasteiger partial charge in [-0.05, 0) is 17.2 Å². The van der Waals surface area contributed by atoms with Crippen LogP contribution in [0.25, 0.3) is 0 Å². The number of rotatable bonds is 6. The Balaban J connectivity index is 1.89. The van der Waals surface area contributed by atoms with Gasteiger partial charge in [-0.15, -0.1) is 0 Å². The molecule has 0 radical (unpaired) electrons. The first-order valence-corrected chi connectivity index (χ1v) is 6.35. The summed E-state index contributed by atoms with van der Waals surface area (Å²) in [5.74, 6) is 0.425. The zero-order chi connectivity index (χ0) is 14.4. The van der Waals surface area contributed by atoms with Gasteiger partial charge in [-0.3, -0.25) is 4.79 Å². The maximum Gasteiger partial charge on any atom is 0.254 e. The third-order valence-electron chi connectivity index (χ3n) is 2.90. The molecule has 0 saturated heterocycles. The van der Waals surface area contributed by atoms with E-state index < -0.39 is 0 Å². The van der Waals surface area contributed by atoms with Crippen molar-refractivity contribution >= 4 is 5.91 Å². The first kappa shape index (κ1) is 14.3. The van der Waals surface area contributed by atoms with E-state index in [9.17, 15) is 4.79 Å². The molecule has 0 atom stereocenters. The largest absolute Gasteiger partial charge is 0.467 e. The summed E-state index contributed by atoms with van der Waals surface area (Å²) in [5, 5.41) is 2.83. The Morgan fingerprint density at radius 2 is 2.00 bits per heavy atom. The molecule has 0 unspecified atom stereocenters. The fourth-order valence-corrected chi connectivity index (χ4v) is 1.81. The van der Waals surface area contributed by atoms with Crippen LogP contribution in [0.2, 0.25) is 0 Å². The predicted molar refractivity (Wildman–Crippen MR) is 74.9 cm³/mol. The molecule has 0 bridgehead atoms. The molecule has 0 saturated carbocycles. The third kappa shape index (κ3) is 3.69. The molecule has 1 aromatic heterocycles. The van der Waals surface area contributed by atoms with Gasteiger partial charge in [0.15, 0.2) is 0 Å². The minimum Gasteiger partial charge on any atom is -0.467 e. The highest BCUT2D eigenvalue weighted by atomic mass is 16.5. The number of hydrogen-bond donors (Lipinski definition) is 2. The average Bonchev–Trinajstić information content (AvgIpc) is 2.95. The van der Waals surface area contributed by atoms with Gasteiger partial charge in [-0.2, -0.15) is 0 Å². The van der Waals surface area contributed by atoms with Crippen molar-refractivity contribution in [2.45, 2.75) is 19.7 Å². The van der Waals surface area contributed by atoms with E-state index in [-0.39, 0.29) is 12.5 Å². The second-order valence-corrected chi connectivity index (χ2v) is 4.44. The molecule has 5 nitrogen and oxygen atoms in total. The van der Waals surface area contributed by atoms with Crippen LogP contribution in [-0.2, 0) is 24.4 Å². The number of nitrogens with one attached hydrogen (secondary N) is 1. The second-order valence-electron chi connectivity index (χ2n) is 4.44. The molecule has 2 aromatic rings. The molecular weight excluding hydrogens is 256 g/mol. The van der Waals surface area contributed by atoms with Crippen LogP contribution in [0.3, 0.4) is 0 Å². The molecule has 2 rings (SSSR count). The SMILES string of the molecule is COCc1ccc(CNC(=O)c2coc(CN)c2)cc1. The molecule has 0 aliphatic rings. The Hall–Kier alpha value is -2.11. The van der Waals surface area contributed by atoms with Crippen LogP contribution in [0.1, 0.15) is 27.2 Å². The van der Waals surface area contributed by atoms with Crippen molar-refractivity contribution in [3.05, 3.63) is 59.0 Å². The van der Waals surface area contributed by atoms with E-state index in [4.69, 9.17) is 14.9 Å². The summed E-state index contributed by atoms with van der Waals surface area (Å²) in [5.41, 5.74) is 8.05. The summed E-state index contributed by atoms with van der Waals surface area (Å²) in [6.45, 7) is 1.34. The van der Waals surface area contributed by atoms with Crippen molar-refractivity contribution in [1.82, 2.24) is 5.32 Å². The number of carbonyl (C=O) groups excluding carboxylic acids is 1. The minimum absolute atomic E-state index is 0.172. The number of hydrogen-bond acceptors (Lipinski definition) is 4. The molecule has 5 heteroatoms. The van der Waals surface area contributed by atoms with Crippen LogP contribution in [0, 0.1) is 0 Å². The maximum atomic E-state index is 11.9. The van der Waals surface area contributed by atoms with Gasteiger partial charge in [0, 0.05) is 13.7 Å². The molecule has 1 aromatic carbocycles. The number of furan rings is 1. The normalized spacial score (nSPS) is 10.5. The van der Waals surface area contributed by atoms with Gasteiger partial charge in [0.05, 0.1) is 18.7 Å². The van der Waals surface area contributed by atoms with Gasteiger partial charge in [0.25, 0.3) is 5.91 Å². The lowest BCUT2D eigenvalue weighted by molar-refractivity contribution is 0.0950. The van der Waals surface area contributed by atoms with E-state index in [1.165, 1.54) is 6.26 Å². The van der Waals surface area contributed by atoms with Crippen LogP contribution >= 0.6 is 0 Å². The van der Waals surface area contributed by atoms with Gasteiger partial charge in [-0.25, -0.2) is 0 Å². The molecular formula is C15H18N2O3. The second kappa shape index (κ2) is 6.88. The fraction of sp³-hybridized carbons (Fsp3) is 0.267. The Morgan fingerprint density at radius 1 is 1.30 bits per heavy atom. The Morgan fingerprint density at radius 3 is 2.60 bits per heavy atom. The molecule has 0 spiro atoms. The molecule has 3 N–H and O–H groups in total. The van der Waals surface area contributed by atoms with E-state index in [1.807, 2.05) is 24.3 Å². The Labute approximate surface area is 117 Å².